The van der Waals surface area contributed by atoms with Gasteiger partial charge in [-0.05, 0) is 181 Å². The second kappa shape index (κ2) is 67.2. The number of nitrogens with two attached hydrogens (primary N) is 4. The summed E-state index contributed by atoms with van der Waals surface area (Å²) in [6.07, 6.45) is 0. The fourth-order valence-corrected chi connectivity index (χ4v) is 12.9. The third kappa shape index (κ3) is 46.6. The zero-order valence-electron chi connectivity index (χ0n) is 78.8. The van der Waals surface area contributed by atoms with Crippen LogP contribution in [0, 0.1) is 83.8 Å². The number of benzene rings is 8. The van der Waals surface area contributed by atoms with Crippen molar-refractivity contribution >= 4 is 133 Å². The van der Waals surface area contributed by atoms with Crippen LogP contribution >= 0.6 is 61.4 Å². The number of carbonyl (C=O) groups excluding carboxylic acids is 2. The van der Waals surface area contributed by atoms with E-state index in [1.54, 1.807) is 66.2 Å². The van der Waals surface area contributed by atoms with E-state index in [0.29, 0.717) is 95.9 Å². The van der Waals surface area contributed by atoms with Gasteiger partial charge in [0, 0.05) is 156 Å². The second-order valence-corrected chi connectivity index (χ2v) is 32.2. The molecule has 130 heavy (non-hydrogen) atoms. The quantitative estimate of drug-likeness (QED) is 0.00457. The summed E-state index contributed by atoms with van der Waals surface area (Å²) in [6.45, 7) is 44.4. The summed E-state index contributed by atoms with van der Waals surface area (Å²) in [7, 11) is 10.2. The number of nitro benzene ring substituents is 3. The number of hydrogen-bond donors (Lipinski definition) is 5. The van der Waals surface area contributed by atoms with Gasteiger partial charge in [0.25, 0.3) is 17.1 Å². The van der Waals surface area contributed by atoms with Crippen LogP contribution in [0.1, 0.15) is 212 Å². The maximum atomic E-state index is 14.3. The summed E-state index contributed by atoms with van der Waals surface area (Å²) in [5.41, 5.74) is 33.3. The van der Waals surface area contributed by atoms with Gasteiger partial charge in [-0.15, -0.1) is 6.58 Å². The van der Waals surface area contributed by atoms with Gasteiger partial charge >= 0.3 is 65.5 Å². The number of aliphatic hydroxyl groups is 1. The van der Waals surface area contributed by atoms with Crippen LogP contribution in [0.3, 0.4) is 0 Å². The summed E-state index contributed by atoms with van der Waals surface area (Å²) in [4.78, 5) is 49.5. The van der Waals surface area contributed by atoms with Crippen molar-refractivity contribution in [1.29, 1.82) is 0 Å². The molecule has 8 aromatic carbocycles. The normalized spacial score (nSPS) is 10.1. The molecule has 0 atom stereocenters. The second-order valence-electron chi connectivity index (χ2n) is 29.7. The molecule has 0 aromatic heterocycles. The molecule has 24 nitrogen and oxygen atoms in total. The van der Waals surface area contributed by atoms with Crippen LogP contribution < -0.4 is 52.5 Å². The first-order valence-electron chi connectivity index (χ1n) is 38.4. The minimum atomic E-state index is -0.967. The van der Waals surface area contributed by atoms with Gasteiger partial charge in [-0.3, -0.25) is 42.1 Å². The van der Waals surface area contributed by atoms with Gasteiger partial charge in [-0.25, -0.2) is 39.9 Å². The Labute approximate surface area is 825 Å². The Balaban J connectivity index is -0.000000334. The predicted octanol–water partition coefficient (Wildman–Crippen LogP) is 22.0. The SMILES string of the molecule is C=C(C)C.C=C(C)c1cc(COC)c(F)c(C(=C)C)c1N.COC(=O)c1ccc([N+](=O)[O-])cc1F.COCc1cc(Br)c(N)c(Br)c1F.COCc1cc(C(C)C)c(Br)c(C(C)C)c1F.COCc1cc(C(C)C)c(N)c(C(C)C)c1F.COCc1ccc(N)cc1F.COCc1ccc([N+](=O)[O-])cc1F.O=[N+]([O-])c1ccc(CO)c(F)c1.[B].[CH2-]C(=O)OC(C)(C)C.[H-].[Na+].[Zn+][Br]. The number of carbonyl (C=O) groups is 2. The molecule has 0 spiro atoms. The molecule has 3 radical (unpaired) electrons. The number of aliphatic hydroxyl groups excluding tert-OH is 1. The molecule has 0 aliphatic carbocycles. The van der Waals surface area contributed by atoms with Crippen LogP contribution in [-0.4, -0.2) is 95.6 Å². The monoisotopic (exact) mass is 2150 g/mol. The van der Waals surface area contributed by atoms with E-state index in [0.717, 1.165) is 69.7 Å². The predicted molar refractivity (Wildman–Crippen MR) is 507 cm³/mol. The van der Waals surface area contributed by atoms with Crippen LogP contribution in [0.25, 0.3) is 11.1 Å². The molecule has 0 fully saturated rings. The van der Waals surface area contributed by atoms with Gasteiger partial charge in [-0.2, -0.15) is 0 Å². The van der Waals surface area contributed by atoms with Crippen molar-refractivity contribution in [3.05, 3.63) is 297 Å². The van der Waals surface area contributed by atoms with E-state index in [-0.39, 0.29) is 146 Å². The van der Waals surface area contributed by atoms with Crippen molar-refractivity contribution in [2.45, 2.75) is 179 Å². The van der Waals surface area contributed by atoms with E-state index >= 15 is 0 Å². The van der Waals surface area contributed by atoms with Crippen molar-refractivity contribution < 1.29 is 150 Å². The third-order valence-electron chi connectivity index (χ3n) is 16.3. The number of non-ortho nitro benzene ring substituents is 3. The van der Waals surface area contributed by atoms with Crippen LogP contribution in [-0.2, 0) is 105 Å². The Morgan fingerprint density at radius 1 is 0.469 bits per heavy atom. The molecule has 0 saturated heterocycles. The number of nitro groups is 3. The van der Waals surface area contributed by atoms with Crippen molar-refractivity contribution in [2.24, 2.45) is 0 Å². The zero-order valence-corrected chi connectivity index (χ0v) is 89.1. The van der Waals surface area contributed by atoms with Gasteiger partial charge in [0.2, 0.25) is 0 Å². The topological polar surface area (TPSA) is 362 Å². The number of methoxy groups -OCH3 is 7. The molecule has 0 bridgehead atoms. The molecular formula is C91H118BBr4F8N7NaO17Zn. The first-order chi connectivity index (χ1) is 59.5. The first-order valence-corrected chi connectivity index (χ1v) is 47.7. The molecule has 8 aromatic rings. The van der Waals surface area contributed by atoms with E-state index in [4.69, 9.17) is 56.5 Å². The molecule has 0 aliphatic heterocycles. The number of ether oxygens (including phenoxy) is 8. The first kappa shape index (κ1) is 130. The van der Waals surface area contributed by atoms with Gasteiger partial charge in [0.05, 0.1) is 102 Å². The van der Waals surface area contributed by atoms with Crippen molar-refractivity contribution in [2.75, 3.05) is 72.7 Å². The molecule has 0 saturated carbocycles. The molecule has 0 amide bonds. The van der Waals surface area contributed by atoms with E-state index in [1.165, 1.54) is 74.6 Å². The van der Waals surface area contributed by atoms with E-state index in [9.17, 15) is 75.1 Å². The standard InChI is InChI=1S/C14H20BrFO.C14H22FNO.C14H18FNO.C8H8Br2FNO.C8H6FNO4.C8H8FNO3.C8H10FNO.C7H6FNO3.C6H11O2.C4H8.B.BrH.Na.Zn.H/c1-8(2)11-6-10(7-17-5)14(16)12(9(3)4)13(11)15;2*1-8(2)11-6-10(7-17-5)13(15)12(9(3)4)14(11)16;1-13-3-4-2-5(9)8(12)6(10)7(4)11;1-14-8(11)6-3-2-5(10(12)13)4-7(6)9;1-13-5-6-2-3-7(10(11)12)4-8(6)9;1-11-5-6-2-3-7(10)4-8(6)9;8-7-3-6(9(11)12)2-1-5(7)4-10;1-5(7)8-6(2,3)4;1-4(2)3;;;;;/h6,8-9H,7H2,1-5H3;6,8-9H,7,16H2,1-5H3;6H,1,3,7,16H2,2,4-5H3;2H,3,12H2,1H3;2-4H,1H3;2-4H,5H2,1H3;2-4H,5,10H2,1H3;1-3,10H,4H2;1H2,2-4H3;1H2,2-3H3;;1H;;;/q;;;;;;;;-1;;;;+1;+2;-1/p-1. The van der Waals surface area contributed by atoms with Crippen molar-refractivity contribution in [1.82, 2.24) is 0 Å². The average Bonchev–Trinajstić information content (AvgIpc) is 0.796. The summed E-state index contributed by atoms with van der Waals surface area (Å²) in [6, 6.07) is 20.9. The van der Waals surface area contributed by atoms with E-state index in [2.05, 4.69) is 125 Å². The van der Waals surface area contributed by atoms with Crippen LogP contribution in [0.4, 0.5) is 74.9 Å². The number of hydrogen-bond acceptors (Lipinski definition) is 21. The van der Waals surface area contributed by atoms with Crippen LogP contribution in [0.2, 0.25) is 0 Å². The number of nitrogens with zero attached hydrogens (tertiary/aromatic N) is 3. The molecule has 39 heteroatoms. The number of allylic oxidation sites excluding steroid dienone is 3. The third-order valence-corrected chi connectivity index (χ3v) is 18.6. The summed E-state index contributed by atoms with van der Waals surface area (Å²) < 4.78 is 148. The van der Waals surface area contributed by atoms with Crippen molar-refractivity contribution in [3.63, 3.8) is 0 Å². The Bertz CT molecular complexity index is 4920. The molecule has 0 heterocycles. The van der Waals surface area contributed by atoms with E-state index < -0.39 is 62.1 Å². The number of anilines is 4. The summed E-state index contributed by atoms with van der Waals surface area (Å²) in [5, 5.41) is 39.1. The fourth-order valence-electron chi connectivity index (χ4n) is 10.5. The molecule has 0 unspecified atom stereocenters. The van der Waals surface area contributed by atoms with E-state index in [1.807, 2.05) is 60.6 Å². The van der Waals surface area contributed by atoms with Gasteiger partial charge < -0.3 is 67.4 Å². The fraction of sp³-hybridized carbons (Fsp3) is 0.374. The molecule has 709 valence electrons. The molecule has 8 rings (SSSR count). The maximum absolute atomic E-state index is 14.3. The van der Waals surface area contributed by atoms with Gasteiger partial charge in [0.15, 0.2) is 5.97 Å². The number of nitrogen functional groups attached to an aromatic ring is 4. The Hall–Kier alpha value is -8.04. The molecule has 0 aliphatic rings. The van der Waals surface area contributed by atoms with Crippen LogP contribution in [0.5, 0.6) is 0 Å². The number of halogens is 12. The minimum absolute atomic E-state index is 0. The zero-order chi connectivity index (χ0) is 99.8. The average molecular weight is 2150 g/mol. The summed E-state index contributed by atoms with van der Waals surface area (Å²) in [5.74, 6) is -4.22. The Kier molecular flexibility index (Phi) is 67.4. The Morgan fingerprint density at radius 3 is 1.13 bits per heavy atom. The van der Waals surface area contributed by atoms with Gasteiger partial charge in [0.1, 0.15) is 52.1 Å². The Morgan fingerprint density at radius 2 is 0.815 bits per heavy atom. The molecular weight excluding hydrogens is 2030 g/mol. The molecule has 9 N–H and O–H groups in total. The summed E-state index contributed by atoms with van der Waals surface area (Å²) >= 11 is 14.1. The number of esters is 2. The van der Waals surface area contributed by atoms with Crippen LogP contribution in [0.15, 0.2) is 136 Å². The number of rotatable bonds is 23. The van der Waals surface area contributed by atoms with Gasteiger partial charge in [-0.1, -0.05) is 96.1 Å². The van der Waals surface area contributed by atoms with Crippen molar-refractivity contribution in [3.8, 4) is 0 Å².